The summed E-state index contributed by atoms with van der Waals surface area (Å²) in [5.74, 6) is 0. The molecule has 0 aromatic heterocycles. The Labute approximate surface area is 126 Å². The number of likely N-dealkylation sites (tertiary alicyclic amines) is 1. The van der Waals surface area contributed by atoms with Gasteiger partial charge in [-0.05, 0) is 56.6 Å². The Balaban J connectivity index is 3.40. The van der Waals surface area contributed by atoms with E-state index < -0.39 is 0 Å². The van der Waals surface area contributed by atoms with E-state index in [1.54, 1.807) is 0 Å². The van der Waals surface area contributed by atoms with E-state index in [9.17, 15) is 0 Å². The van der Waals surface area contributed by atoms with Crippen molar-refractivity contribution >= 4 is 0 Å². The highest BCUT2D eigenvalue weighted by molar-refractivity contribution is 5.40. The molecule has 0 N–H and O–H groups in total. The second-order valence-electron chi connectivity index (χ2n) is 7.34. The second-order valence-corrected chi connectivity index (χ2v) is 7.34. The lowest BCUT2D eigenvalue weighted by Gasteiger charge is -2.38. The van der Waals surface area contributed by atoms with Crippen LogP contribution in [0.4, 0.5) is 0 Å². The van der Waals surface area contributed by atoms with Crippen molar-refractivity contribution in [1.29, 1.82) is 0 Å². The Morgan fingerprint density at radius 2 is 1.75 bits per heavy atom. The standard InChI is InChI=1S/C19H33N/c1-9-15(10-2)17(16(11-3)12-4)20-14-18(5,6)13-19(20,7)8/h9,11H,1,10,12-14H2,2-8H3/b16-11-,17-15-. The highest BCUT2D eigenvalue weighted by atomic mass is 15.2. The van der Waals surface area contributed by atoms with Crippen LogP contribution in [0.5, 0.6) is 0 Å². The van der Waals surface area contributed by atoms with E-state index in [1.165, 1.54) is 23.3 Å². The van der Waals surface area contributed by atoms with Crippen molar-refractivity contribution < 1.29 is 0 Å². The smallest absolute Gasteiger partial charge is 0.0432 e. The minimum atomic E-state index is 0.214. The molecule has 0 atom stereocenters. The molecule has 1 nitrogen and oxygen atoms in total. The molecule has 1 saturated heterocycles. The maximum absolute atomic E-state index is 4.05. The summed E-state index contributed by atoms with van der Waals surface area (Å²) < 4.78 is 0. The number of hydrogen-bond donors (Lipinski definition) is 0. The fraction of sp³-hybridized carbons (Fsp3) is 0.684. The van der Waals surface area contributed by atoms with E-state index in [2.05, 4.69) is 72.1 Å². The minimum absolute atomic E-state index is 0.214. The van der Waals surface area contributed by atoms with Crippen molar-refractivity contribution in [2.24, 2.45) is 5.41 Å². The molecule has 20 heavy (non-hydrogen) atoms. The molecule has 1 aliphatic rings. The zero-order valence-electron chi connectivity index (χ0n) is 14.6. The van der Waals surface area contributed by atoms with Gasteiger partial charge in [-0.15, -0.1) is 0 Å². The van der Waals surface area contributed by atoms with Gasteiger partial charge in [0.1, 0.15) is 0 Å². The summed E-state index contributed by atoms with van der Waals surface area (Å²) in [7, 11) is 0. The number of allylic oxidation sites excluding steroid dienone is 4. The van der Waals surface area contributed by atoms with Gasteiger partial charge in [-0.3, -0.25) is 0 Å². The lowest BCUT2D eigenvalue weighted by Crippen LogP contribution is -2.38. The quantitative estimate of drug-likeness (QED) is 0.581. The SMILES string of the molecule is C=C/C(CC)=C(\C(=C/C)CC)N1CC(C)(C)CC1(C)C. The molecule has 1 aliphatic heterocycles. The van der Waals surface area contributed by atoms with Gasteiger partial charge in [-0.25, -0.2) is 0 Å². The van der Waals surface area contributed by atoms with E-state index in [1.807, 2.05) is 0 Å². The van der Waals surface area contributed by atoms with Gasteiger partial charge in [0, 0.05) is 17.8 Å². The van der Waals surface area contributed by atoms with Gasteiger partial charge in [0.05, 0.1) is 0 Å². The third kappa shape index (κ3) is 3.37. The van der Waals surface area contributed by atoms with Crippen LogP contribution in [0.1, 0.15) is 67.7 Å². The van der Waals surface area contributed by atoms with Crippen LogP contribution in [-0.4, -0.2) is 17.0 Å². The van der Waals surface area contributed by atoms with Crippen LogP contribution in [-0.2, 0) is 0 Å². The largest absolute Gasteiger partial charge is 0.365 e. The molecule has 0 aliphatic carbocycles. The molecule has 1 heteroatoms. The number of rotatable bonds is 5. The maximum atomic E-state index is 4.05. The van der Waals surface area contributed by atoms with E-state index in [0.29, 0.717) is 5.41 Å². The summed E-state index contributed by atoms with van der Waals surface area (Å²) in [5.41, 5.74) is 4.86. The summed E-state index contributed by atoms with van der Waals surface area (Å²) in [6.07, 6.45) is 7.68. The molecule has 0 saturated carbocycles. The first-order valence-electron chi connectivity index (χ1n) is 8.01. The highest BCUT2D eigenvalue weighted by Gasteiger charge is 2.44. The van der Waals surface area contributed by atoms with Crippen molar-refractivity contribution in [2.75, 3.05) is 6.54 Å². The van der Waals surface area contributed by atoms with Crippen LogP contribution in [0.2, 0.25) is 0 Å². The van der Waals surface area contributed by atoms with Crippen LogP contribution >= 0.6 is 0 Å². The Morgan fingerprint density at radius 3 is 2.05 bits per heavy atom. The molecular formula is C19H33N. The van der Waals surface area contributed by atoms with Gasteiger partial charge in [0.2, 0.25) is 0 Å². The van der Waals surface area contributed by atoms with Crippen LogP contribution in [0.15, 0.2) is 35.6 Å². The Morgan fingerprint density at radius 1 is 1.15 bits per heavy atom. The molecule has 0 bridgehead atoms. The lowest BCUT2D eigenvalue weighted by molar-refractivity contribution is 0.228. The fourth-order valence-corrected chi connectivity index (χ4v) is 3.82. The molecule has 0 spiro atoms. The third-order valence-electron chi connectivity index (χ3n) is 4.46. The normalized spacial score (nSPS) is 22.8. The number of nitrogens with zero attached hydrogens (tertiary/aromatic N) is 1. The Kier molecular flexibility index (Phi) is 5.29. The van der Waals surface area contributed by atoms with E-state index in [-0.39, 0.29) is 5.54 Å². The molecule has 0 aromatic carbocycles. The molecule has 0 amide bonds. The summed E-state index contributed by atoms with van der Waals surface area (Å²) in [6, 6.07) is 0. The predicted molar refractivity (Wildman–Crippen MR) is 90.7 cm³/mol. The summed E-state index contributed by atoms with van der Waals surface area (Å²) in [6.45, 7) is 21.3. The predicted octanol–water partition coefficient (Wildman–Crippen LogP) is 5.70. The first-order chi connectivity index (χ1) is 9.22. The van der Waals surface area contributed by atoms with Crippen molar-refractivity contribution in [3.8, 4) is 0 Å². The van der Waals surface area contributed by atoms with Crippen molar-refractivity contribution in [3.63, 3.8) is 0 Å². The summed E-state index contributed by atoms with van der Waals surface area (Å²) >= 11 is 0. The fourth-order valence-electron chi connectivity index (χ4n) is 3.82. The zero-order valence-corrected chi connectivity index (χ0v) is 14.6. The summed E-state index contributed by atoms with van der Waals surface area (Å²) in [5, 5.41) is 0. The first-order valence-corrected chi connectivity index (χ1v) is 8.01. The monoisotopic (exact) mass is 275 g/mol. The van der Waals surface area contributed by atoms with Gasteiger partial charge < -0.3 is 4.90 Å². The molecule has 114 valence electrons. The van der Waals surface area contributed by atoms with E-state index in [4.69, 9.17) is 0 Å². The van der Waals surface area contributed by atoms with Crippen LogP contribution in [0, 0.1) is 5.41 Å². The Bertz CT molecular complexity index is 421. The summed E-state index contributed by atoms with van der Waals surface area (Å²) in [4.78, 5) is 2.63. The van der Waals surface area contributed by atoms with Crippen molar-refractivity contribution in [2.45, 2.75) is 73.3 Å². The first kappa shape index (κ1) is 17.1. The molecule has 0 unspecified atom stereocenters. The van der Waals surface area contributed by atoms with Crippen LogP contribution in [0.25, 0.3) is 0 Å². The van der Waals surface area contributed by atoms with Crippen molar-refractivity contribution in [1.82, 2.24) is 4.90 Å². The molecule has 1 fully saturated rings. The van der Waals surface area contributed by atoms with E-state index in [0.717, 1.165) is 19.4 Å². The third-order valence-corrected chi connectivity index (χ3v) is 4.46. The number of hydrogen-bond acceptors (Lipinski definition) is 1. The van der Waals surface area contributed by atoms with Gasteiger partial charge in [0.15, 0.2) is 0 Å². The molecule has 1 heterocycles. The van der Waals surface area contributed by atoms with Crippen LogP contribution in [0.3, 0.4) is 0 Å². The molecule has 1 rings (SSSR count). The second kappa shape index (κ2) is 6.20. The van der Waals surface area contributed by atoms with E-state index >= 15 is 0 Å². The topological polar surface area (TPSA) is 3.24 Å². The van der Waals surface area contributed by atoms with Crippen molar-refractivity contribution in [3.05, 3.63) is 35.6 Å². The molecule has 0 radical (unpaired) electrons. The minimum Gasteiger partial charge on any atom is -0.365 e. The maximum Gasteiger partial charge on any atom is 0.0432 e. The van der Waals surface area contributed by atoms with Crippen LogP contribution < -0.4 is 0 Å². The average molecular weight is 275 g/mol. The molecular weight excluding hydrogens is 242 g/mol. The molecule has 0 aromatic rings. The lowest BCUT2D eigenvalue weighted by atomic mass is 9.86. The Hall–Kier alpha value is -0.980. The zero-order chi connectivity index (χ0) is 15.6. The van der Waals surface area contributed by atoms with Gasteiger partial charge >= 0.3 is 0 Å². The van der Waals surface area contributed by atoms with Gasteiger partial charge in [-0.2, -0.15) is 0 Å². The highest BCUT2D eigenvalue weighted by Crippen LogP contribution is 2.45. The van der Waals surface area contributed by atoms with Gasteiger partial charge in [0.25, 0.3) is 0 Å². The average Bonchev–Trinajstić information content (AvgIpc) is 2.57. The van der Waals surface area contributed by atoms with Gasteiger partial charge in [-0.1, -0.05) is 46.4 Å².